The smallest absolute Gasteiger partial charge is 0.307 e. The molecule has 138 valence electrons. The van der Waals surface area contributed by atoms with E-state index in [1.807, 2.05) is 6.92 Å². The molecule has 0 aromatic rings. The van der Waals surface area contributed by atoms with Crippen LogP contribution in [0, 0.1) is 18.3 Å². The maximum atomic E-state index is 11.3. The number of carbonyl (C=O) groups is 1. The third kappa shape index (κ3) is 7.21. The van der Waals surface area contributed by atoms with Crippen LogP contribution in [0.1, 0.15) is 40.5 Å². The van der Waals surface area contributed by atoms with E-state index >= 15 is 0 Å². The summed E-state index contributed by atoms with van der Waals surface area (Å²) in [5, 5.41) is 0.0835. The van der Waals surface area contributed by atoms with Gasteiger partial charge in [0.1, 0.15) is 0 Å². The van der Waals surface area contributed by atoms with Gasteiger partial charge in [-0.25, -0.2) is 0 Å². The summed E-state index contributed by atoms with van der Waals surface area (Å²) in [6.07, 6.45) is 7.54. The fourth-order valence-electron chi connectivity index (χ4n) is 2.03. The van der Waals surface area contributed by atoms with Crippen molar-refractivity contribution in [1.29, 1.82) is 0 Å². The van der Waals surface area contributed by atoms with Crippen molar-refractivity contribution in [3.8, 4) is 12.3 Å². The van der Waals surface area contributed by atoms with E-state index in [1.165, 1.54) is 7.11 Å². The van der Waals surface area contributed by atoms with Crippen molar-refractivity contribution < 1.29 is 18.7 Å². The molecular formula is C19H34O4Si. The number of hydrogen-bond acceptors (Lipinski definition) is 4. The van der Waals surface area contributed by atoms with Gasteiger partial charge in [-0.2, -0.15) is 0 Å². The Morgan fingerprint density at radius 3 is 2.38 bits per heavy atom. The topological polar surface area (TPSA) is 44.8 Å². The van der Waals surface area contributed by atoms with Gasteiger partial charge in [0.05, 0.1) is 32.3 Å². The van der Waals surface area contributed by atoms with Crippen LogP contribution in [0.25, 0.3) is 0 Å². The van der Waals surface area contributed by atoms with Gasteiger partial charge in [0.25, 0.3) is 0 Å². The molecule has 3 atom stereocenters. The average Bonchev–Trinajstić information content (AvgIpc) is 2.48. The van der Waals surface area contributed by atoms with Crippen molar-refractivity contribution >= 4 is 14.3 Å². The molecule has 0 aromatic heterocycles. The summed E-state index contributed by atoms with van der Waals surface area (Å²) >= 11 is 0. The molecule has 0 bridgehead atoms. The van der Waals surface area contributed by atoms with Gasteiger partial charge in [-0.3, -0.25) is 4.79 Å². The lowest BCUT2D eigenvalue weighted by Gasteiger charge is -2.41. The summed E-state index contributed by atoms with van der Waals surface area (Å²) in [5.74, 6) is 2.49. The first kappa shape index (κ1) is 22.9. The van der Waals surface area contributed by atoms with Crippen molar-refractivity contribution in [1.82, 2.24) is 0 Å². The Kier molecular flexibility index (Phi) is 9.57. The molecule has 0 spiro atoms. The van der Waals surface area contributed by atoms with E-state index < -0.39 is 8.32 Å². The molecule has 0 aliphatic rings. The second kappa shape index (κ2) is 10.0. The van der Waals surface area contributed by atoms with Crippen molar-refractivity contribution in [2.24, 2.45) is 5.92 Å². The lowest BCUT2D eigenvalue weighted by atomic mass is 9.96. The monoisotopic (exact) mass is 354 g/mol. The zero-order chi connectivity index (χ0) is 19.0. The maximum absolute atomic E-state index is 11.3. The lowest BCUT2D eigenvalue weighted by Crippen LogP contribution is -2.48. The predicted octanol–water partition coefficient (Wildman–Crippen LogP) is 4.17. The molecule has 0 fully saturated rings. The number of rotatable bonds is 10. The van der Waals surface area contributed by atoms with E-state index in [1.54, 1.807) is 6.08 Å². The molecule has 0 N–H and O–H groups in total. The predicted molar refractivity (Wildman–Crippen MR) is 101 cm³/mol. The first-order valence-corrected chi connectivity index (χ1v) is 11.3. The second-order valence-corrected chi connectivity index (χ2v) is 12.4. The molecule has 0 saturated carbocycles. The Morgan fingerprint density at radius 2 is 1.96 bits per heavy atom. The maximum Gasteiger partial charge on any atom is 0.307 e. The van der Waals surface area contributed by atoms with Crippen LogP contribution in [-0.4, -0.2) is 40.2 Å². The highest BCUT2D eigenvalue weighted by molar-refractivity contribution is 6.74. The number of hydrogen-bond donors (Lipinski definition) is 0. The molecule has 1 unspecified atom stereocenters. The highest BCUT2D eigenvalue weighted by Gasteiger charge is 2.41. The van der Waals surface area contributed by atoms with Gasteiger partial charge < -0.3 is 13.9 Å². The Hall–Kier alpha value is -1.09. The van der Waals surface area contributed by atoms with Crippen molar-refractivity contribution in [3.05, 3.63) is 12.7 Å². The van der Waals surface area contributed by atoms with Gasteiger partial charge >= 0.3 is 5.97 Å². The van der Waals surface area contributed by atoms with E-state index in [0.717, 1.165) is 0 Å². The fourth-order valence-corrected chi connectivity index (χ4v) is 3.30. The van der Waals surface area contributed by atoms with Crippen LogP contribution in [-0.2, 0) is 18.7 Å². The molecule has 0 amide bonds. The number of terminal acetylenes is 1. The quantitative estimate of drug-likeness (QED) is 0.256. The van der Waals surface area contributed by atoms with Crippen LogP contribution in [0.2, 0.25) is 18.1 Å². The molecule has 0 aliphatic carbocycles. The Morgan fingerprint density at radius 1 is 1.38 bits per heavy atom. The minimum absolute atomic E-state index is 0.0835. The van der Waals surface area contributed by atoms with Crippen molar-refractivity contribution in [2.75, 3.05) is 13.7 Å². The van der Waals surface area contributed by atoms with Gasteiger partial charge in [-0.15, -0.1) is 18.9 Å². The Bertz CT molecular complexity index is 445. The first-order valence-electron chi connectivity index (χ1n) is 8.42. The van der Waals surface area contributed by atoms with Crippen molar-refractivity contribution in [3.63, 3.8) is 0 Å². The van der Waals surface area contributed by atoms with Gasteiger partial charge in [-0.1, -0.05) is 33.8 Å². The summed E-state index contributed by atoms with van der Waals surface area (Å²) < 4.78 is 17.1. The van der Waals surface area contributed by atoms with Crippen LogP contribution in [0.4, 0.5) is 0 Å². The second-order valence-electron chi connectivity index (χ2n) is 7.63. The van der Waals surface area contributed by atoms with Crippen LogP contribution in [0.5, 0.6) is 0 Å². The summed E-state index contributed by atoms with van der Waals surface area (Å²) in [5.41, 5.74) is 0. The van der Waals surface area contributed by atoms with Crippen molar-refractivity contribution in [2.45, 2.75) is 70.9 Å². The van der Waals surface area contributed by atoms with E-state index in [0.29, 0.717) is 6.42 Å². The van der Waals surface area contributed by atoms with E-state index in [4.69, 9.17) is 15.6 Å². The zero-order valence-corrected chi connectivity index (χ0v) is 17.3. The highest BCUT2D eigenvalue weighted by Crippen LogP contribution is 2.38. The van der Waals surface area contributed by atoms with Gasteiger partial charge in [0.15, 0.2) is 8.32 Å². The fraction of sp³-hybridized carbons (Fsp3) is 0.737. The highest BCUT2D eigenvalue weighted by atomic mass is 28.4. The molecule has 0 aromatic carbocycles. The SMILES string of the molecule is C#CC[C@@H](C)[C@H](OCCC(=O)OC)C(C=C)O[Si](C)(C)C(C)(C)C. The number of ether oxygens (including phenoxy) is 2. The molecule has 4 nitrogen and oxygen atoms in total. The van der Waals surface area contributed by atoms with Crippen LogP contribution >= 0.6 is 0 Å². The minimum atomic E-state index is -1.98. The third-order valence-corrected chi connectivity index (χ3v) is 9.11. The lowest BCUT2D eigenvalue weighted by molar-refractivity contribution is -0.143. The van der Waals surface area contributed by atoms with Gasteiger partial charge in [0.2, 0.25) is 0 Å². The Balaban J connectivity index is 5.16. The zero-order valence-electron chi connectivity index (χ0n) is 16.3. The van der Waals surface area contributed by atoms with E-state index in [9.17, 15) is 4.79 Å². The first-order chi connectivity index (χ1) is 11.0. The van der Waals surface area contributed by atoms with Gasteiger partial charge in [0, 0.05) is 6.42 Å². The molecule has 5 heteroatoms. The van der Waals surface area contributed by atoms with Gasteiger partial charge in [-0.05, 0) is 24.1 Å². The van der Waals surface area contributed by atoms with Crippen LogP contribution in [0.3, 0.4) is 0 Å². The number of esters is 1. The summed E-state index contributed by atoms with van der Waals surface area (Å²) in [6, 6.07) is 0. The van der Waals surface area contributed by atoms with E-state index in [2.05, 4.69) is 51.1 Å². The molecule has 0 heterocycles. The van der Waals surface area contributed by atoms with E-state index in [-0.39, 0.29) is 42.2 Å². The molecule has 0 rings (SSSR count). The normalized spacial score (nSPS) is 15.9. The molecule has 24 heavy (non-hydrogen) atoms. The van der Waals surface area contributed by atoms with Crippen LogP contribution in [0.15, 0.2) is 12.7 Å². The molecular weight excluding hydrogens is 320 g/mol. The average molecular weight is 355 g/mol. The molecule has 0 radical (unpaired) electrons. The Labute approximate surface area is 149 Å². The van der Waals surface area contributed by atoms with Crippen LogP contribution < -0.4 is 0 Å². The number of carbonyl (C=O) groups excluding carboxylic acids is 1. The number of methoxy groups -OCH3 is 1. The summed E-state index contributed by atoms with van der Waals surface area (Å²) in [7, 11) is -0.614. The molecule has 0 aliphatic heterocycles. The third-order valence-electron chi connectivity index (χ3n) is 4.64. The molecule has 0 saturated heterocycles. The standard InChI is InChI=1S/C19H34O4Si/c1-10-12-15(3)18(22-14-13-17(20)21-7)16(11-2)23-24(8,9)19(4,5)6/h1,11,15-16,18H,2,12-14H2,3-9H3/t15-,16?,18+/m1/s1. The summed E-state index contributed by atoms with van der Waals surface area (Å²) in [4.78, 5) is 11.3. The summed E-state index contributed by atoms with van der Waals surface area (Å²) in [6.45, 7) is 17.2. The largest absolute Gasteiger partial charge is 0.469 e. The minimum Gasteiger partial charge on any atom is -0.469 e.